The van der Waals surface area contributed by atoms with Crippen molar-refractivity contribution in [1.29, 1.82) is 0 Å². The minimum absolute atomic E-state index is 0.286. The topological polar surface area (TPSA) is 40.2 Å². The average Bonchev–Trinajstić information content (AvgIpc) is 2.66. The van der Waals surface area contributed by atoms with Crippen molar-refractivity contribution in [3.63, 3.8) is 0 Å². The van der Waals surface area contributed by atoms with E-state index in [1.807, 2.05) is 6.07 Å². The third-order valence-electron chi connectivity index (χ3n) is 3.39. The van der Waals surface area contributed by atoms with Crippen LogP contribution in [0.2, 0.25) is 0 Å². The zero-order valence-corrected chi connectivity index (χ0v) is 9.44. The second-order valence-corrected chi connectivity index (χ2v) is 4.47. The molecule has 84 valence electrons. The Kier molecular flexibility index (Phi) is 2.14. The Morgan fingerprint density at radius 1 is 1.38 bits per heavy atom. The van der Waals surface area contributed by atoms with Gasteiger partial charge in [0.05, 0.1) is 12.6 Å². The molecule has 1 atom stereocenters. The van der Waals surface area contributed by atoms with Crippen LogP contribution in [0, 0.1) is 0 Å². The van der Waals surface area contributed by atoms with E-state index >= 15 is 0 Å². The van der Waals surface area contributed by atoms with Gasteiger partial charge < -0.3 is 15.0 Å². The highest BCUT2D eigenvalue weighted by atomic mass is 16.5. The minimum atomic E-state index is 0.286. The van der Waals surface area contributed by atoms with Crippen LogP contribution < -0.4 is 10.5 Å². The molecule has 1 aromatic heterocycles. The molecule has 1 aliphatic heterocycles. The predicted octanol–water partition coefficient (Wildman–Crippen LogP) is 1.92. The normalized spacial score (nSPS) is 19.8. The maximum Gasteiger partial charge on any atom is 0.120 e. The van der Waals surface area contributed by atoms with Gasteiger partial charge in [-0.05, 0) is 31.0 Å². The molecule has 2 heterocycles. The first-order chi connectivity index (χ1) is 7.78. The first kappa shape index (κ1) is 9.73. The molecule has 1 aliphatic rings. The van der Waals surface area contributed by atoms with Gasteiger partial charge in [-0.1, -0.05) is 0 Å². The molecule has 0 saturated carbocycles. The van der Waals surface area contributed by atoms with Gasteiger partial charge >= 0.3 is 0 Å². The highest BCUT2D eigenvalue weighted by Crippen LogP contribution is 2.27. The Morgan fingerprint density at radius 2 is 2.25 bits per heavy atom. The summed E-state index contributed by atoms with van der Waals surface area (Å²) in [4.78, 5) is 0. The maximum atomic E-state index is 6.02. The molecule has 3 nitrogen and oxygen atoms in total. The van der Waals surface area contributed by atoms with E-state index in [9.17, 15) is 0 Å². The summed E-state index contributed by atoms with van der Waals surface area (Å²) < 4.78 is 7.59. The summed E-state index contributed by atoms with van der Waals surface area (Å²) in [6.45, 7) is 0.923. The molecule has 0 amide bonds. The Balaban J connectivity index is 2.20. The summed E-state index contributed by atoms with van der Waals surface area (Å²) in [5, 5.41) is 1.28. The molecule has 0 spiro atoms. The highest BCUT2D eigenvalue weighted by Gasteiger charge is 2.17. The molecule has 16 heavy (non-hydrogen) atoms. The Labute approximate surface area is 94.8 Å². The molecule has 0 saturated heterocycles. The predicted molar refractivity (Wildman–Crippen MR) is 64.8 cm³/mol. The molecule has 1 aromatic carbocycles. The van der Waals surface area contributed by atoms with Crippen molar-refractivity contribution in [2.45, 2.75) is 25.4 Å². The minimum Gasteiger partial charge on any atom is -0.497 e. The number of methoxy groups -OCH3 is 1. The molecular weight excluding hydrogens is 200 g/mol. The van der Waals surface area contributed by atoms with E-state index in [1.54, 1.807) is 7.11 Å². The largest absolute Gasteiger partial charge is 0.497 e. The van der Waals surface area contributed by atoms with Crippen molar-refractivity contribution < 1.29 is 4.74 Å². The van der Waals surface area contributed by atoms with E-state index in [2.05, 4.69) is 22.8 Å². The van der Waals surface area contributed by atoms with Gasteiger partial charge in [-0.3, -0.25) is 0 Å². The van der Waals surface area contributed by atoms with Crippen LogP contribution in [0.1, 0.15) is 12.1 Å². The number of fused-ring (bicyclic) bond motifs is 3. The lowest BCUT2D eigenvalue weighted by Crippen LogP contribution is -2.31. The number of ether oxygens (including phenoxy) is 1. The van der Waals surface area contributed by atoms with Crippen molar-refractivity contribution in [3.8, 4) is 5.75 Å². The van der Waals surface area contributed by atoms with E-state index in [1.165, 1.54) is 16.6 Å². The number of rotatable bonds is 1. The smallest absolute Gasteiger partial charge is 0.120 e. The Morgan fingerprint density at radius 3 is 3.06 bits per heavy atom. The number of benzene rings is 1. The molecule has 0 radical (unpaired) electrons. The second-order valence-electron chi connectivity index (χ2n) is 4.47. The molecular formula is C13H16N2O. The van der Waals surface area contributed by atoms with Crippen molar-refractivity contribution in [3.05, 3.63) is 30.0 Å². The summed E-state index contributed by atoms with van der Waals surface area (Å²) in [5.74, 6) is 0.910. The monoisotopic (exact) mass is 216 g/mol. The third kappa shape index (κ3) is 1.39. The third-order valence-corrected chi connectivity index (χ3v) is 3.39. The van der Waals surface area contributed by atoms with Gasteiger partial charge in [0, 0.05) is 29.7 Å². The summed E-state index contributed by atoms with van der Waals surface area (Å²) in [5.41, 5.74) is 8.65. The fraction of sp³-hybridized carbons (Fsp3) is 0.385. The van der Waals surface area contributed by atoms with Crippen LogP contribution >= 0.6 is 0 Å². The molecule has 3 rings (SSSR count). The second kappa shape index (κ2) is 3.52. The molecule has 3 heteroatoms. The summed E-state index contributed by atoms with van der Waals surface area (Å²) in [6, 6.07) is 8.77. The van der Waals surface area contributed by atoms with Gasteiger partial charge in [0.2, 0.25) is 0 Å². The van der Waals surface area contributed by atoms with Crippen molar-refractivity contribution in [2.24, 2.45) is 5.73 Å². The van der Waals surface area contributed by atoms with Crippen LogP contribution in [0.25, 0.3) is 10.9 Å². The van der Waals surface area contributed by atoms with E-state index in [0.717, 1.165) is 25.1 Å². The maximum absolute atomic E-state index is 6.02. The van der Waals surface area contributed by atoms with Crippen LogP contribution in [-0.2, 0) is 13.0 Å². The van der Waals surface area contributed by atoms with Crippen LogP contribution in [-0.4, -0.2) is 17.7 Å². The Hall–Kier alpha value is -1.48. The fourth-order valence-electron chi connectivity index (χ4n) is 2.50. The van der Waals surface area contributed by atoms with Gasteiger partial charge in [0.1, 0.15) is 5.75 Å². The van der Waals surface area contributed by atoms with E-state index in [4.69, 9.17) is 10.5 Å². The molecule has 0 bridgehead atoms. The quantitative estimate of drug-likeness (QED) is 0.791. The van der Waals surface area contributed by atoms with Crippen molar-refractivity contribution in [1.82, 2.24) is 4.57 Å². The first-order valence-electron chi connectivity index (χ1n) is 5.69. The lowest BCUT2D eigenvalue weighted by molar-refractivity contribution is 0.414. The summed E-state index contributed by atoms with van der Waals surface area (Å²) >= 11 is 0. The van der Waals surface area contributed by atoms with E-state index < -0.39 is 0 Å². The van der Waals surface area contributed by atoms with Crippen molar-refractivity contribution >= 4 is 10.9 Å². The van der Waals surface area contributed by atoms with Gasteiger partial charge in [0.25, 0.3) is 0 Å². The van der Waals surface area contributed by atoms with Crippen LogP contribution in [0.3, 0.4) is 0 Å². The number of aromatic nitrogens is 1. The molecule has 0 aliphatic carbocycles. The van der Waals surface area contributed by atoms with Crippen molar-refractivity contribution in [2.75, 3.05) is 7.11 Å². The molecule has 1 unspecified atom stereocenters. The fourth-order valence-corrected chi connectivity index (χ4v) is 2.50. The highest BCUT2D eigenvalue weighted by molar-refractivity contribution is 5.83. The molecule has 0 fully saturated rings. The lowest BCUT2D eigenvalue weighted by atomic mass is 10.1. The number of hydrogen-bond acceptors (Lipinski definition) is 2. The van der Waals surface area contributed by atoms with Gasteiger partial charge in [-0.15, -0.1) is 0 Å². The summed E-state index contributed by atoms with van der Waals surface area (Å²) in [6.07, 6.45) is 2.17. The number of aryl methyl sites for hydroxylation is 1. The number of nitrogens with zero attached hydrogens (tertiary/aromatic N) is 1. The summed E-state index contributed by atoms with van der Waals surface area (Å²) in [7, 11) is 1.70. The van der Waals surface area contributed by atoms with Gasteiger partial charge in [-0.2, -0.15) is 0 Å². The molecule has 2 aromatic rings. The standard InChI is InChI=1S/C13H16N2O/c1-16-12-5-2-9-6-11-4-3-10(14)8-15(11)13(9)7-12/h2,5-7,10H,3-4,8,14H2,1H3. The van der Waals surface area contributed by atoms with Gasteiger partial charge in [0.15, 0.2) is 0 Å². The SMILES string of the molecule is COc1ccc2cc3n(c2c1)CC(N)CC3. The van der Waals surface area contributed by atoms with Crippen LogP contribution in [0.5, 0.6) is 5.75 Å². The molecule has 2 N–H and O–H groups in total. The van der Waals surface area contributed by atoms with Crippen LogP contribution in [0.15, 0.2) is 24.3 Å². The van der Waals surface area contributed by atoms with Crippen LogP contribution in [0.4, 0.5) is 0 Å². The first-order valence-corrected chi connectivity index (χ1v) is 5.69. The van der Waals surface area contributed by atoms with E-state index in [0.29, 0.717) is 0 Å². The zero-order chi connectivity index (χ0) is 11.1. The number of hydrogen-bond donors (Lipinski definition) is 1. The van der Waals surface area contributed by atoms with Gasteiger partial charge in [-0.25, -0.2) is 0 Å². The zero-order valence-electron chi connectivity index (χ0n) is 9.44. The van der Waals surface area contributed by atoms with E-state index in [-0.39, 0.29) is 6.04 Å². The Bertz CT molecular complexity index is 530. The lowest BCUT2D eigenvalue weighted by Gasteiger charge is -2.22. The average molecular weight is 216 g/mol. The number of nitrogens with two attached hydrogens (primary N) is 1.